The molecule has 0 unspecified atom stereocenters. The molecule has 7 nitrogen and oxygen atoms in total. The molecule has 7 heteroatoms. The van der Waals surface area contributed by atoms with E-state index in [0.717, 1.165) is 0 Å². The molecule has 1 aromatic heterocycles. The largest absolute Gasteiger partial charge is 0.370 e. The first kappa shape index (κ1) is 10.0. The third-order valence-corrected chi connectivity index (χ3v) is 1.50. The first-order valence-corrected chi connectivity index (χ1v) is 3.99. The summed E-state index contributed by atoms with van der Waals surface area (Å²) in [6.07, 6.45) is 0.365. The Morgan fingerprint density at radius 3 is 2.64 bits per heavy atom. The minimum atomic E-state index is -0.642. The van der Waals surface area contributed by atoms with Gasteiger partial charge in [-0.25, -0.2) is 4.79 Å². The van der Waals surface area contributed by atoms with E-state index in [2.05, 4.69) is 15.6 Å². The number of aromatic amines is 2. The lowest BCUT2D eigenvalue weighted by Crippen LogP contribution is -2.27. The normalized spacial score (nSPS) is 9.50. The van der Waals surface area contributed by atoms with E-state index >= 15 is 0 Å². The number of carbonyl (C=O) groups is 1. The van der Waals surface area contributed by atoms with Gasteiger partial charge in [-0.05, 0) is 6.92 Å². The number of hydrogen-bond donors (Lipinski definition) is 4. The van der Waals surface area contributed by atoms with E-state index in [9.17, 15) is 14.4 Å². The lowest BCUT2D eigenvalue weighted by Gasteiger charge is -2.06. The maximum Gasteiger partial charge on any atom is 0.327 e. The van der Waals surface area contributed by atoms with Gasteiger partial charge in [-0.3, -0.25) is 19.6 Å². The van der Waals surface area contributed by atoms with E-state index < -0.39 is 11.2 Å². The second-order valence-electron chi connectivity index (χ2n) is 2.45. The van der Waals surface area contributed by atoms with Gasteiger partial charge in [0.15, 0.2) is 0 Å². The van der Waals surface area contributed by atoms with Crippen molar-refractivity contribution in [2.75, 3.05) is 17.2 Å². The number of carbonyl (C=O) groups excluding carboxylic acids is 1. The van der Waals surface area contributed by atoms with E-state index in [4.69, 9.17) is 0 Å². The fourth-order valence-corrected chi connectivity index (χ4v) is 0.992. The van der Waals surface area contributed by atoms with Gasteiger partial charge < -0.3 is 10.6 Å². The zero-order valence-electron chi connectivity index (χ0n) is 7.51. The number of aromatic nitrogens is 2. The van der Waals surface area contributed by atoms with Gasteiger partial charge in [-0.1, -0.05) is 0 Å². The Morgan fingerprint density at radius 2 is 2.07 bits per heavy atom. The lowest BCUT2D eigenvalue weighted by atomic mass is 10.4. The highest BCUT2D eigenvalue weighted by molar-refractivity contribution is 5.77. The maximum atomic E-state index is 11.2. The summed E-state index contributed by atoms with van der Waals surface area (Å²) < 4.78 is 0. The zero-order valence-corrected chi connectivity index (χ0v) is 7.51. The van der Waals surface area contributed by atoms with Crippen molar-refractivity contribution >= 4 is 17.9 Å². The van der Waals surface area contributed by atoms with E-state index in [0.29, 0.717) is 13.0 Å². The van der Waals surface area contributed by atoms with E-state index in [1.807, 2.05) is 4.98 Å². The molecule has 1 heterocycles. The smallest absolute Gasteiger partial charge is 0.327 e. The quantitative estimate of drug-likeness (QED) is 0.468. The maximum absolute atomic E-state index is 11.2. The SMILES string of the molecule is CCNc1[nH]c(=O)[nH]c(=O)c1NC=O. The monoisotopic (exact) mass is 198 g/mol. The van der Waals surface area contributed by atoms with Crippen LogP contribution in [0.25, 0.3) is 0 Å². The van der Waals surface area contributed by atoms with Crippen molar-refractivity contribution in [3.05, 3.63) is 20.8 Å². The van der Waals surface area contributed by atoms with Crippen molar-refractivity contribution in [1.82, 2.24) is 9.97 Å². The van der Waals surface area contributed by atoms with Gasteiger partial charge in [-0.2, -0.15) is 0 Å². The third kappa shape index (κ3) is 2.00. The van der Waals surface area contributed by atoms with Crippen LogP contribution in [0.3, 0.4) is 0 Å². The van der Waals surface area contributed by atoms with Crippen LogP contribution in [0.5, 0.6) is 0 Å². The first-order valence-electron chi connectivity index (χ1n) is 3.99. The van der Waals surface area contributed by atoms with Crippen molar-refractivity contribution < 1.29 is 4.79 Å². The first-order chi connectivity index (χ1) is 6.69. The Bertz CT molecular complexity index is 433. The molecule has 0 bridgehead atoms. The standard InChI is InChI=1S/C7H10N4O3/c1-2-8-5-4(9-3-12)6(13)11-7(14)10-5/h3H,2H2,1H3,(H,9,12)(H3,8,10,11,13,14). The average Bonchev–Trinajstić information content (AvgIpc) is 2.11. The molecule has 14 heavy (non-hydrogen) atoms. The molecule has 0 aliphatic carbocycles. The number of amides is 1. The predicted molar refractivity (Wildman–Crippen MR) is 51.5 cm³/mol. The van der Waals surface area contributed by atoms with Crippen molar-refractivity contribution in [2.45, 2.75) is 6.92 Å². The summed E-state index contributed by atoms with van der Waals surface area (Å²) in [5, 5.41) is 4.95. The van der Waals surface area contributed by atoms with Crippen LogP contribution in [-0.4, -0.2) is 22.9 Å². The van der Waals surface area contributed by atoms with Gasteiger partial charge in [-0.15, -0.1) is 0 Å². The van der Waals surface area contributed by atoms with Gasteiger partial charge in [0.25, 0.3) is 5.56 Å². The van der Waals surface area contributed by atoms with Crippen LogP contribution in [0.4, 0.5) is 11.5 Å². The highest BCUT2D eigenvalue weighted by Crippen LogP contribution is 2.08. The minimum Gasteiger partial charge on any atom is -0.370 e. The molecular formula is C7H10N4O3. The Hall–Kier alpha value is -2.05. The van der Waals surface area contributed by atoms with Crippen LogP contribution in [-0.2, 0) is 4.79 Å². The van der Waals surface area contributed by atoms with E-state index in [1.165, 1.54) is 0 Å². The molecule has 0 aliphatic rings. The highest BCUT2D eigenvalue weighted by Gasteiger charge is 2.06. The second kappa shape index (κ2) is 4.26. The molecule has 0 fully saturated rings. The molecule has 4 N–H and O–H groups in total. The Kier molecular flexibility index (Phi) is 3.05. The highest BCUT2D eigenvalue weighted by atomic mass is 16.2. The van der Waals surface area contributed by atoms with Crippen LogP contribution in [0.1, 0.15) is 6.92 Å². The van der Waals surface area contributed by atoms with Gasteiger partial charge in [0.05, 0.1) is 0 Å². The van der Waals surface area contributed by atoms with Crippen molar-refractivity contribution in [2.24, 2.45) is 0 Å². The predicted octanol–water partition coefficient (Wildman–Crippen LogP) is -0.937. The summed E-state index contributed by atoms with van der Waals surface area (Å²) in [4.78, 5) is 36.6. The van der Waals surface area contributed by atoms with Crippen LogP contribution < -0.4 is 21.9 Å². The van der Waals surface area contributed by atoms with Gasteiger partial charge in [0.1, 0.15) is 11.5 Å². The van der Waals surface area contributed by atoms with Crippen molar-refractivity contribution in [1.29, 1.82) is 0 Å². The topological polar surface area (TPSA) is 107 Å². The Morgan fingerprint density at radius 1 is 1.36 bits per heavy atom. The van der Waals surface area contributed by atoms with Crippen molar-refractivity contribution in [3.63, 3.8) is 0 Å². The van der Waals surface area contributed by atoms with Crippen LogP contribution in [0.15, 0.2) is 9.59 Å². The summed E-state index contributed by atoms with van der Waals surface area (Å²) in [7, 11) is 0. The Balaban J connectivity index is 3.28. The zero-order chi connectivity index (χ0) is 10.6. The molecular weight excluding hydrogens is 188 g/mol. The molecule has 0 saturated heterocycles. The third-order valence-electron chi connectivity index (χ3n) is 1.50. The summed E-state index contributed by atoms with van der Waals surface area (Å²) >= 11 is 0. The molecule has 0 spiro atoms. The van der Waals surface area contributed by atoms with E-state index in [1.54, 1.807) is 6.92 Å². The summed E-state index contributed by atoms with van der Waals surface area (Å²) in [6, 6.07) is 0. The molecule has 0 aliphatic heterocycles. The van der Waals surface area contributed by atoms with Crippen molar-refractivity contribution in [3.8, 4) is 0 Å². The number of rotatable bonds is 4. The van der Waals surface area contributed by atoms with Gasteiger partial charge >= 0.3 is 5.69 Å². The van der Waals surface area contributed by atoms with Gasteiger partial charge in [0.2, 0.25) is 6.41 Å². The number of nitrogens with one attached hydrogen (secondary N) is 4. The molecule has 1 rings (SSSR count). The Labute approximate surface area is 78.5 Å². The molecule has 0 radical (unpaired) electrons. The molecule has 76 valence electrons. The summed E-state index contributed by atoms with van der Waals surface area (Å²) in [6.45, 7) is 2.32. The average molecular weight is 198 g/mol. The fraction of sp³-hybridized carbons (Fsp3) is 0.286. The fourth-order valence-electron chi connectivity index (χ4n) is 0.992. The number of anilines is 2. The van der Waals surface area contributed by atoms with E-state index in [-0.39, 0.29) is 11.5 Å². The van der Waals surface area contributed by atoms with Crippen LogP contribution in [0, 0.1) is 0 Å². The molecule has 1 amide bonds. The lowest BCUT2D eigenvalue weighted by molar-refractivity contribution is -0.105. The summed E-state index contributed by atoms with van der Waals surface area (Å²) in [5.41, 5.74) is -1.26. The molecule has 0 saturated carbocycles. The van der Waals surface area contributed by atoms with Gasteiger partial charge in [0, 0.05) is 6.54 Å². The summed E-state index contributed by atoms with van der Waals surface area (Å²) in [5.74, 6) is 0.202. The molecule has 1 aromatic rings. The van der Waals surface area contributed by atoms with Crippen LogP contribution in [0.2, 0.25) is 0 Å². The van der Waals surface area contributed by atoms with Crippen LogP contribution >= 0.6 is 0 Å². The number of H-pyrrole nitrogens is 2. The second-order valence-corrected chi connectivity index (χ2v) is 2.45. The molecule has 0 atom stereocenters. The number of hydrogen-bond acceptors (Lipinski definition) is 4. The molecule has 0 aromatic carbocycles. The minimum absolute atomic E-state index is 0.00134.